The van der Waals surface area contributed by atoms with Crippen molar-refractivity contribution in [3.05, 3.63) is 39.8 Å². The summed E-state index contributed by atoms with van der Waals surface area (Å²) < 4.78 is 18.6. The second-order valence-electron chi connectivity index (χ2n) is 6.51. The molecule has 2 atom stereocenters. The highest BCUT2D eigenvalue weighted by Gasteiger charge is 2.37. The lowest BCUT2D eigenvalue weighted by Crippen LogP contribution is -2.22. The number of ether oxygens (including phenoxy) is 3. The maximum Gasteiger partial charge on any atom is 0.202 e. The lowest BCUT2D eigenvalue weighted by molar-refractivity contribution is 0.111. The van der Waals surface area contributed by atoms with Gasteiger partial charge < -0.3 is 34.9 Å². The molecule has 3 heterocycles. The summed E-state index contributed by atoms with van der Waals surface area (Å²) in [6.45, 7) is 1.23. The number of anilines is 2. The maximum absolute atomic E-state index is 10.8. The number of hydrogen-bond acceptors (Lipinski definition) is 10. The molecule has 1 unspecified atom stereocenters. The summed E-state index contributed by atoms with van der Waals surface area (Å²) in [6.07, 6.45) is 1.07. The van der Waals surface area contributed by atoms with E-state index in [1.54, 1.807) is 30.5 Å². The van der Waals surface area contributed by atoms with Gasteiger partial charge in [-0.25, -0.2) is 4.98 Å². The van der Waals surface area contributed by atoms with E-state index in [0.29, 0.717) is 36.1 Å². The highest BCUT2D eigenvalue weighted by Crippen LogP contribution is 2.49. The molecule has 0 aliphatic carbocycles. The molecule has 8 nitrogen and oxygen atoms in total. The predicted molar refractivity (Wildman–Crippen MR) is 120 cm³/mol. The number of aromatic nitrogens is 2. The number of methoxy groups -OCH3 is 2. The molecule has 30 heavy (non-hydrogen) atoms. The van der Waals surface area contributed by atoms with E-state index in [0.717, 1.165) is 26.1 Å². The van der Waals surface area contributed by atoms with E-state index in [4.69, 9.17) is 32.2 Å². The molecule has 0 radical (unpaired) electrons. The van der Waals surface area contributed by atoms with Crippen molar-refractivity contribution in [3.8, 4) is 5.75 Å². The van der Waals surface area contributed by atoms with E-state index < -0.39 is 6.10 Å². The third-order valence-corrected chi connectivity index (χ3v) is 7.30. The molecule has 160 valence electrons. The molecule has 0 bridgehead atoms. The van der Waals surface area contributed by atoms with Gasteiger partial charge in [-0.1, -0.05) is 29.6 Å². The highest BCUT2D eigenvalue weighted by molar-refractivity contribution is 8.03. The van der Waals surface area contributed by atoms with Crippen LogP contribution in [-0.2, 0) is 9.47 Å². The Hall–Kier alpha value is -1.76. The minimum atomic E-state index is -0.846. The number of fused-ring (bicyclic) bond motifs is 2. The zero-order chi connectivity index (χ0) is 21.3. The fourth-order valence-electron chi connectivity index (χ4n) is 3.29. The van der Waals surface area contributed by atoms with E-state index in [9.17, 15) is 5.11 Å². The average molecular weight is 467 g/mol. The Labute approximate surface area is 187 Å². The van der Waals surface area contributed by atoms with Crippen molar-refractivity contribution in [1.29, 1.82) is 0 Å². The largest absolute Gasteiger partial charge is 0.497 e. The summed E-state index contributed by atoms with van der Waals surface area (Å²) in [7, 11) is 3.15. The topological polar surface area (TPSA) is 104 Å². The molecule has 4 rings (SSSR count). The van der Waals surface area contributed by atoms with Crippen LogP contribution in [0.3, 0.4) is 0 Å². The molecule has 1 aromatic carbocycles. The number of para-hydroxylation sites is 1. The fourth-order valence-corrected chi connectivity index (χ4v) is 5.93. The van der Waals surface area contributed by atoms with E-state index in [2.05, 4.69) is 10.3 Å². The second-order valence-corrected chi connectivity index (χ2v) is 9.18. The van der Waals surface area contributed by atoms with Crippen LogP contribution in [0.2, 0.25) is 0 Å². The van der Waals surface area contributed by atoms with E-state index >= 15 is 0 Å². The van der Waals surface area contributed by atoms with Gasteiger partial charge >= 0.3 is 0 Å². The van der Waals surface area contributed by atoms with Crippen LogP contribution in [0.25, 0.3) is 0 Å². The van der Waals surface area contributed by atoms with E-state index in [-0.39, 0.29) is 5.37 Å². The Balaban J connectivity index is 1.65. The van der Waals surface area contributed by atoms with E-state index in [1.165, 1.54) is 11.8 Å². The van der Waals surface area contributed by atoms with Gasteiger partial charge in [0.05, 0.1) is 29.2 Å². The number of rotatable bonds is 7. The smallest absolute Gasteiger partial charge is 0.202 e. The first-order chi connectivity index (χ1) is 14.6. The Morgan fingerprint density at radius 3 is 2.90 bits per heavy atom. The van der Waals surface area contributed by atoms with Crippen LogP contribution in [0.15, 0.2) is 44.9 Å². The fraction of sp³-hybridized carbons (Fsp3) is 0.368. The normalized spacial score (nSPS) is 19.9. The summed E-state index contributed by atoms with van der Waals surface area (Å²) in [5.41, 5.74) is 6.41. The van der Waals surface area contributed by atoms with Gasteiger partial charge in [-0.3, -0.25) is 0 Å². The van der Waals surface area contributed by atoms with Gasteiger partial charge in [-0.15, -0.1) is 0 Å². The molecule has 2 aliphatic heterocycles. The number of thioether (sulfide) groups is 1. The van der Waals surface area contributed by atoms with Gasteiger partial charge in [0.15, 0.2) is 0 Å². The predicted octanol–water partition coefficient (Wildman–Crippen LogP) is 3.27. The van der Waals surface area contributed by atoms with Crippen molar-refractivity contribution in [2.24, 2.45) is 5.73 Å². The summed E-state index contributed by atoms with van der Waals surface area (Å²) in [5.74, 6) is 1.89. The summed E-state index contributed by atoms with van der Waals surface area (Å²) in [6, 6.07) is 5.85. The zero-order valence-corrected chi connectivity index (χ0v) is 18.9. The Morgan fingerprint density at radius 2 is 2.17 bits per heavy atom. The second kappa shape index (κ2) is 9.16. The number of nitrogens with zero attached hydrogens (tertiary/aromatic N) is 2. The number of aliphatic hydroxyl groups excluding tert-OH is 1. The monoisotopic (exact) mass is 466 g/mol. The van der Waals surface area contributed by atoms with Crippen LogP contribution in [0, 0.1) is 4.77 Å². The van der Waals surface area contributed by atoms with Gasteiger partial charge in [0.25, 0.3) is 0 Å². The van der Waals surface area contributed by atoms with Crippen molar-refractivity contribution in [2.45, 2.75) is 21.3 Å². The van der Waals surface area contributed by atoms with Gasteiger partial charge in [0.2, 0.25) is 4.77 Å². The first kappa shape index (κ1) is 21.5. The first-order valence-electron chi connectivity index (χ1n) is 9.22. The third kappa shape index (κ3) is 3.93. The van der Waals surface area contributed by atoms with Crippen molar-refractivity contribution >= 4 is 47.2 Å². The lowest BCUT2D eigenvalue weighted by Gasteiger charge is -2.25. The Bertz CT molecular complexity index is 1040. The number of benzene rings is 1. The summed E-state index contributed by atoms with van der Waals surface area (Å²) in [4.78, 5) is 7.34. The Morgan fingerprint density at radius 1 is 1.33 bits per heavy atom. The first-order valence-corrected chi connectivity index (χ1v) is 11.3. The maximum atomic E-state index is 10.8. The number of nitrogens with two attached hydrogens (primary N) is 1. The van der Waals surface area contributed by atoms with Gasteiger partial charge in [-0.2, -0.15) is 0 Å². The molecular formula is C19H22N4O4S3. The molecule has 0 fully saturated rings. The number of nitrogens with one attached hydrogen (secondary N) is 1. The third-order valence-electron chi connectivity index (χ3n) is 4.59. The molecule has 0 saturated heterocycles. The van der Waals surface area contributed by atoms with Crippen LogP contribution >= 0.6 is 35.7 Å². The van der Waals surface area contributed by atoms with Gasteiger partial charge in [0, 0.05) is 24.7 Å². The minimum absolute atomic E-state index is 0.358. The minimum Gasteiger partial charge on any atom is -0.497 e. The average Bonchev–Trinajstić information content (AvgIpc) is 3.05. The molecule has 0 amide bonds. The quantitative estimate of drug-likeness (QED) is 0.450. The molecule has 2 aliphatic rings. The molecule has 0 spiro atoms. The van der Waals surface area contributed by atoms with Crippen LogP contribution < -0.4 is 15.8 Å². The van der Waals surface area contributed by atoms with Crippen LogP contribution in [0.4, 0.5) is 11.5 Å². The standard InChI is InChI=1S/C19H22N4O4S3/c1-25-9-13-16(26-2)15(24)18(30-13)23-8-12-17(22-19(23)28)21-14-10(27-7-6-20)4-3-5-11(14)29-12/h3-5,8,15,18,24H,6-7,9,20H2,1-2H3,(H,21,22,28)/t15?,18-/m1/s1. The van der Waals surface area contributed by atoms with Crippen LogP contribution in [0.1, 0.15) is 5.37 Å². The van der Waals surface area contributed by atoms with Crippen LogP contribution in [0.5, 0.6) is 5.75 Å². The van der Waals surface area contributed by atoms with Crippen molar-refractivity contribution in [1.82, 2.24) is 9.55 Å². The van der Waals surface area contributed by atoms with Crippen molar-refractivity contribution in [3.63, 3.8) is 0 Å². The lowest BCUT2D eigenvalue weighted by atomic mass is 10.2. The molecule has 1 aromatic heterocycles. The molecule has 11 heteroatoms. The SMILES string of the molecule is COCC1=C(OC)C(O)[C@H](n2cc3c(nc2=S)Nc2c(OCCN)cccc2S3)S1. The molecular weight excluding hydrogens is 444 g/mol. The molecule has 0 saturated carbocycles. The van der Waals surface area contributed by atoms with Gasteiger partial charge in [-0.05, 0) is 24.4 Å². The molecule has 2 aromatic rings. The van der Waals surface area contributed by atoms with Crippen LogP contribution in [-0.4, -0.2) is 54.7 Å². The zero-order valence-electron chi connectivity index (χ0n) is 16.5. The van der Waals surface area contributed by atoms with E-state index in [1.807, 2.05) is 24.4 Å². The van der Waals surface area contributed by atoms with Gasteiger partial charge in [0.1, 0.15) is 35.4 Å². The highest BCUT2D eigenvalue weighted by atomic mass is 32.2. The van der Waals surface area contributed by atoms with Crippen molar-refractivity contribution in [2.75, 3.05) is 39.3 Å². The van der Waals surface area contributed by atoms with Crippen molar-refractivity contribution < 1.29 is 19.3 Å². The Kier molecular flexibility index (Phi) is 6.56. The summed E-state index contributed by atoms with van der Waals surface area (Å²) >= 11 is 8.58. The number of hydrogen-bond donors (Lipinski definition) is 3. The summed E-state index contributed by atoms with van der Waals surface area (Å²) in [5, 5.41) is 13.8. The number of aliphatic hydroxyl groups is 1. The molecule has 4 N–H and O–H groups in total.